The SMILES string of the molecule is CN(C)c1ccc(NC(=O)c2cccc3c(=O)on(C)c23)cc1. The van der Waals surface area contributed by atoms with Crippen molar-refractivity contribution in [3.8, 4) is 0 Å². The van der Waals surface area contributed by atoms with Crippen LogP contribution in [0.1, 0.15) is 10.4 Å². The number of anilines is 2. The number of aryl methyl sites for hydroxylation is 1. The number of nitrogens with zero attached hydrogens (tertiary/aromatic N) is 2. The van der Waals surface area contributed by atoms with Gasteiger partial charge in [0.05, 0.1) is 10.9 Å². The molecule has 1 aromatic heterocycles. The van der Waals surface area contributed by atoms with Gasteiger partial charge in [0.2, 0.25) is 0 Å². The van der Waals surface area contributed by atoms with Gasteiger partial charge in [-0.2, -0.15) is 0 Å². The van der Waals surface area contributed by atoms with Crippen molar-refractivity contribution in [3.05, 3.63) is 58.4 Å². The van der Waals surface area contributed by atoms with E-state index in [1.54, 1.807) is 25.2 Å². The number of carbonyl (C=O) groups is 1. The molecule has 3 rings (SSSR count). The minimum atomic E-state index is -0.451. The number of carbonyl (C=O) groups excluding carboxylic acids is 1. The largest absolute Gasteiger partial charge is 0.378 e. The number of amides is 1. The normalized spacial score (nSPS) is 10.7. The standard InChI is InChI=1S/C17H17N3O3/c1-19(2)12-9-7-11(8-10-12)18-16(21)13-5-4-6-14-15(13)20(3)23-17(14)22/h4-10H,1-3H3,(H,18,21). The minimum absolute atomic E-state index is 0.287. The van der Waals surface area contributed by atoms with E-state index in [-0.39, 0.29) is 5.91 Å². The van der Waals surface area contributed by atoms with Crippen molar-refractivity contribution in [1.29, 1.82) is 0 Å². The first-order chi connectivity index (χ1) is 11.0. The van der Waals surface area contributed by atoms with Crippen molar-refractivity contribution < 1.29 is 9.32 Å². The molecule has 0 saturated heterocycles. The molecule has 0 atom stereocenters. The molecule has 0 aliphatic heterocycles. The summed E-state index contributed by atoms with van der Waals surface area (Å²) in [5, 5.41) is 3.23. The number of hydrogen-bond acceptors (Lipinski definition) is 4. The lowest BCUT2D eigenvalue weighted by molar-refractivity contribution is 0.102. The second-order valence-electron chi connectivity index (χ2n) is 5.47. The summed E-state index contributed by atoms with van der Waals surface area (Å²) in [5.41, 5.74) is 2.16. The van der Waals surface area contributed by atoms with Gasteiger partial charge in [0.15, 0.2) is 0 Å². The Hall–Kier alpha value is -3.02. The van der Waals surface area contributed by atoms with E-state index in [1.165, 1.54) is 4.74 Å². The summed E-state index contributed by atoms with van der Waals surface area (Å²) < 4.78 is 6.34. The summed E-state index contributed by atoms with van der Waals surface area (Å²) in [6.45, 7) is 0. The maximum atomic E-state index is 12.5. The molecule has 0 spiro atoms. The van der Waals surface area contributed by atoms with Gasteiger partial charge < -0.3 is 14.7 Å². The van der Waals surface area contributed by atoms with Gasteiger partial charge in [0, 0.05) is 32.5 Å². The first-order valence-corrected chi connectivity index (χ1v) is 7.15. The van der Waals surface area contributed by atoms with Gasteiger partial charge >= 0.3 is 5.63 Å². The van der Waals surface area contributed by atoms with E-state index in [1.807, 2.05) is 43.3 Å². The molecule has 0 radical (unpaired) electrons. The zero-order valence-electron chi connectivity index (χ0n) is 13.2. The number of para-hydroxylation sites is 1. The Morgan fingerprint density at radius 2 is 1.83 bits per heavy atom. The predicted molar refractivity (Wildman–Crippen MR) is 90.2 cm³/mol. The van der Waals surface area contributed by atoms with E-state index >= 15 is 0 Å². The zero-order chi connectivity index (χ0) is 16.6. The number of aromatic nitrogens is 1. The second-order valence-corrected chi connectivity index (χ2v) is 5.47. The van der Waals surface area contributed by atoms with E-state index in [4.69, 9.17) is 4.52 Å². The first kappa shape index (κ1) is 14.9. The van der Waals surface area contributed by atoms with E-state index in [9.17, 15) is 9.59 Å². The van der Waals surface area contributed by atoms with Gasteiger partial charge in [-0.15, -0.1) is 0 Å². The highest BCUT2D eigenvalue weighted by Gasteiger charge is 2.16. The third kappa shape index (κ3) is 2.70. The molecule has 6 heteroatoms. The Morgan fingerprint density at radius 1 is 1.13 bits per heavy atom. The van der Waals surface area contributed by atoms with Crippen molar-refractivity contribution in [1.82, 2.24) is 4.74 Å². The molecule has 0 aliphatic rings. The summed E-state index contributed by atoms with van der Waals surface area (Å²) in [7, 11) is 5.51. The van der Waals surface area contributed by atoms with Gasteiger partial charge in [-0.3, -0.25) is 4.79 Å². The molecule has 1 heterocycles. The van der Waals surface area contributed by atoms with Crippen molar-refractivity contribution in [3.63, 3.8) is 0 Å². The van der Waals surface area contributed by atoms with Gasteiger partial charge in [-0.1, -0.05) is 6.07 Å². The lowest BCUT2D eigenvalue weighted by atomic mass is 10.1. The van der Waals surface area contributed by atoms with Crippen LogP contribution in [-0.2, 0) is 7.05 Å². The second kappa shape index (κ2) is 5.64. The maximum absolute atomic E-state index is 12.5. The van der Waals surface area contributed by atoms with Gasteiger partial charge in [0.25, 0.3) is 5.91 Å². The fraction of sp³-hybridized carbons (Fsp3) is 0.176. The molecular weight excluding hydrogens is 294 g/mol. The van der Waals surface area contributed by atoms with Crippen molar-refractivity contribution in [2.75, 3.05) is 24.3 Å². The lowest BCUT2D eigenvalue weighted by Crippen LogP contribution is -2.14. The Balaban J connectivity index is 1.93. The van der Waals surface area contributed by atoms with E-state index in [2.05, 4.69) is 5.32 Å². The van der Waals surface area contributed by atoms with Crippen molar-refractivity contribution >= 4 is 28.2 Å². The lowest BCUT2D eigenvalue weighted by Gasteiger charge is -2.13. The third-order valence-electron chi connectivity index (χ3n) is 3.68. The Morgan fingerprint density at radius 3 is 2.48 bits per heavy atom. The van der Waals surface area contributed by atoms with Crippen LogP contribution in [0.4, 0.5) is 11.4 Å². The minimum Gasteiger partial charge on any atom is -0.378 e. The molecule has 23 heavy (non-hydrogen) atoms. The summed E-state index contributed by atoms with van der Waals surface area (Å²) in [6.07, 6.45) is 0. The molecule has 3 aromatic rings. The predicted octanol–water partition coefficient (Wildman–Crippen LogP) is 2.45. The molecule has 0 aliphatic carbocycles. The molecule has 2 aromatic carbocycles. The summed E-state index contributed by atoms with van der Waals surface area (Å²) >= 11 is 0. The average molecular weight is 311 g/mol. The molecule has 6 nitrogen and oxygen atoms in total. The summed E-state index contributed by atoms with van der Waals surface area (Å²) in [6, 6.07) is 12.5. The van der Waals surface area contributed by atoms with Crippen LogP contribution >= 0.6 is 0 Å². The van der Waals surface area contributed by atoms with Crippen LogP contribution in [0.25, 0.3) is 10.9 Å². The molecule has 1 N–H and O–H groups in total. The Bertz CT molecular complexity index is 920. The topological polar surface area (TPSA) is 67.5 Å². The molecule has 0 bridgehead atoms. The third-order valence-corrected chi connectivity index (χ3v) is 3.68. The highest BCUT2D eigenvalue weighted by Crippen LogP contribution is 2.19. The smallest absolute Gasteiger partial charge is 0.365 e. The molecule has 1 amide bonds. The fourth-order valence-corrected chi connectivity index (χ4v) is 2.49. The highest BCUT2D eigenvalue weighted by molar-refractivity contribution is 6.11. The zero-order valence-corrected chi connectivity index (χ0v) is 13.2. The summed E-state index contributed by atoms with van der Waals surface area (Å²) in [5.74, 6) is -0.287. The number of rotatable bonds is 3. The molecule has 118 valence electrons. The van der Waals surface area contributed by atoms with Crippen LogP contribution in [0.3, 0.4) is 0 Å². The number of nitrogens with one attached hydrogen (secondary N) is 1. The molecule has 0 unspecified atom stereocenters. The number of hydrogen-bond donors (Lipinski definition) is 1. The average Bonchev–Trinajstić information content (AvgIpc) is 2.82. The van der Waals surface area contributed by atoms with E-state index in [0.717, 1.165) is 5.69 Å². The van der Waals surface area contributed by atoms with E-state index < -0.39 is 5.63 Å². The van der Waals surface area contributed by atoms with Crippen LogP contribution in [0.2, 0.25) is 0 Å². The van der Waals surface area contributed by atoms with E-state index in [0.29, 0.717) is 22.2 Å². The molecule has 0 fully saturated rings. The van der Waals surface area contributed by atoms with Crippen LogP contribution in [0, 0.1) is 0 Å². The van der Waals surface area contributed by atoms with Gasteiger partial charge in [-0.25, -0.2) is 9.53 Å². The quantitative estimate of drug-likeness (QED) is 0.807. The molecular formula is C17H17N3O3. The van der Waals surface area contributed by atoms with Gasteiger partial charge in [0.1, 0.15) is 5.52 Å². The van der Waals surface area contributed by atoms with Crippen LogP contribution < -0.4 is 15.8 Å². The summed E-state index contributed by atoms with van der Waals surface area (Å²) in [4.78, 5) is 26.2. The number of fused-ring (bicyclic) bond motifs is 1. The fourth-order valence-electron chi connectivity index (χ4n) is 2.49. The Kier molecular flexibility index (Phi) is 3.65. The van der Waals surface area contributed by atoms with Crippen LogP contribution in [0.5, 0.6) is 0 Å². The maximum Gasteiger partial charge on any atom is 0.365 e. The van der Waals surface area contributed by atoms with Gasteiger partial charge in [-0.05, 0) is 36.4 Å². The Labute approximate surface area is 132 Å². The van der Waals surface area contributed by atoms with Crippen LogP contribution in [0.15, 0.2) is 51.8 Å². The monoisotopic (exact) mass is 311 g/mol. The highest BCUT2D eigenvalue weighted by atomic mass is 16.5. The van der Waals surface area contributed by atoms with Crippen LogP contribution in [-0.4, -0.2) is 24.7 Å². The first-order valence-electron chi connectivity index (χ1n) is 7.15. The molecule has 0 saturated carbocycles. The van der Waals surface area contributed by atoms with Crippen molar-refractivity contribution in [2.24, 2.45) is 7.05 Å². The van der Waals surface area contributed by atoms with Crippen molar-refractivity contribution in [2.45, 2.75) is 0 Å². The number of benzene rings is 2.